The summed E-state index contributed by atoms with van der Waals surface area (Å²) in [5.74, 6) is -2.90. The van der Waals surface area contributed by atoms with Crippen LogP contribution in [0.5, 0.6) is 0 Å². The summed E-state index contributed by atoms with van der Waals surface area (Å²) >= 11 is 0. The quantitative estimate of drug-likeness (QED) is 0.753. The van der Waals surface area contributed by atoms with Crippen LogP contribution in [0, 0.1) is 0 Å². The molecule has 1 rings (SSSR count). The second-order valence-corrected chi connectivity index (χ2v) is 3.50. The monoisotopic (exact) mass is 234 g/mol. The summed E-state index contributed by atoms with van der Waals surface area (Å²) < 4.78 is 25.5. The molecule has 0 atom stereocenters. The molecule has 1 fully saturated rings. The SMILES string of the molecule is C=C(CN1CCC(F)(F)C1)C(=O)NC.CC. The lowest BCUT2D eigenvalue weighted by Gasteiger charge is -2.15. The van der Waals surface area contributed by atoms with Gasteiger partial charge in [0.25, 0.3) is 5.92 Å². The summed E-state index contributed by atoms with van der Waals surface area (Å²) in [5.41, 5.74) is 0.324. The van der Waals surface area contributed by atoms with Crippen LogP contribution in [0.3, 0.4) is 0 Å². The summed E-state index contributed by atoms with van der Waals surface area (Å²) in [6.45, 7) is 7.80. The van der Waals surface area contributed by atoms with Crippen molar-refractivity contribution in [3.05, 3.63) is 12.2 Å². The number of alkyl halides is 2. The molecule has 0 aliphatic carbocycles. The van der Waals surface area contributed by atoms with E-state index in [1.165, 1.54) is 11.9 Å². The first-order chi connectivity index (χ1) is 7.44. The van der Waals surface area contributed by atoms with Gasteiger partial charge in [0.2, 0.25) is 5.91 Å². The molecule has 0 bridgehead atoms. The van der Waals surface area contributed by atoms with Gasteiger partial charge in [-0.1, -0.05) is 20.4 Å². The minimum absolute atomic E-state index is 0.131. The van der Waals surface area contributed by atoms with Gasteiger partial charge in [0.15, 0.2) is 0 Å². The van der Waals surface area contributed by atoms with E-state index in [-0.39, 0.29) is 25.4 Å². The van der Waals surface area contributed by atoms with Gasteiger partial charge in [0.1, 0.15) is 0 Å². The number of likely N-dealkylation sites (N-methyl/N-ethyl adjacent to an activating group) is 1. The van der Waals surface area contributed by atoms with E-state index in [1.54, 1.807) is 0 Å². The van der Waals surface area contributed by atoms with Crippen molar-refractivity contribution in [2.45, 2.75) is 26.2 Å². The van der Waals surface area contributed by atoms with Crippen LogP contribution in [0.4, 0.5) is 8.78 Å². The molecule has 5 heteroatoms. The standard InChI is InChI=1S/C9H14F2N2O.C2H6/c1-7(8(14)12-2)5-13-4-3-9(10,11)6-13;1-2/h1,3-6H2,2H3,(H,12,14);1-2H3. The van der Waals surface area contributed by atoms with E-state index >= 15 is 0 Å². The smallest absolute Gasteiger partial charge is 0.261 e. The Morgan fingerprint density at radius 1 is 1.50 bits per heavy atom. The average Bonchev–Trinajstić information content (AvgIpc) is 2.59. The van der Waals surface area contributed by atoms with Crippen LogP contribution in [-0.4, -0.2) is 43.4 Å². The maximum Gasteiger partial charge on any atom is 0.261 e. The van der Waals surface area contributed by atoms with Gasteiger partial charge in [-0.3, -0.25) is 9.69 Å². The summed E-state index contributed by atoms with van der Waals surface area (Å²) in [5, 5.41) is 2.41. The number of hydrogen-bond donors (Lipinski definition) is 1. The number of likely N-dealkylation sites (tertiary alicyclic amines) is 1. The lowest BCUT2D eigenvalue weighted by molar-refractivity contribution is -0.117. The van der Waals surface area contributed by atoms with Crippen LogP contribution in [0.25, 0.3) is 0 Å². The van der Waals surface area contributed by atoms with Crippen molar-refractivity contribution in [2.75, 3.05) is 26.7 Å². The molecule has 16 heavy (non-hydrogen) atoms. The third-order valence-electron chi connectivity index (χ3n) is 2.21. The maximum atomic E-state index is 12.8. The van der Waals surface area contributed by atoms with Gasteiger partial charge in [0.05, 0.1) is 6.54 Å². The van der Waals surface area contributed by atoms with Crippen LogP contribution < -0.4 is 5.32 Å². The molecule has 0 unspecified atom stereocenters. The molecule has 0 radical (unpaired) electrons. The van der Waals surface area contributed by atoms with Gasteiger partial charge in [-0.2, -0.15) is 0 Å². The van der Waals surface area contributed by atoms with E-state index in [9.17, 15) is 13.6 Å². The van der Waals surface area contributed by atoms with Gasteiger partial charge in [0, 0.05) is 32.1 Å². The Morgan fingerprint density at radius 3 is 2.44 bits per heavy atom. The van der Waals surface area contributed by atoms with Gasteiger partial charge in [-0.25, -0.2) is 8.78 Å². The molecule has 1 saturated heterocycles. The van der Waals surface area contributed by atoms with E-state index < -0.39 is 5.92 Å². The fraction of sp³-hybridized carbons (Fsp3) is 0.727. The molecule has 1 heterocycles. The van der Waals surface area contributed by atoms with Crippen LogP contribution >= 0.6 is 0 Å². The normalized spacial score (nSPS) is 18.6. The molecule has 1 N–H and O–H groups in total. The molecular formula is C11H20F2N2O. The summed E-state index contributed by atoms with van der Waals surface area (Å²) in [6, 6.07) is 0. The van der Waals surface area contributed by atoms with Crippen LogP contribution in [0.1, 0.15) is 20.3 Å². The van der Waals surface area contributed by atoms with Gasteiger partial charge in [-0.05, 0) is 0 Å². The Kier molecular flexibility index (Phi) is 6.18. The first kappa shape index (κ1) is 15.0. The topological polar surface area (TPSA) is 32.3 Å². The first-order valence-corrected chi connectivity index (χ1v) is 5.44. The van der Waals surface area contributed by atoms with Crippen molar-refractivity contribution >= 4 is 5.91 Å². The van der Waals surface area contributed by atoms with E-state index in [0.29, 0.717) is 12.1 Å². The Balaban J connectivity index is 0.00000106. The lowest BCUT2D eigenvalue weighted by Crippen LogP contribution is -2.31. The number of nitrogens with one attached hydrogen (secondary N) is 1. The summed E-state index contributed by atoms with van der Waals surface area (Å²) in [6.07, 6.45) is -0.131. The Hall–Kier alpha value is -0.970. The number of hydrogen-bond acceptors (Lipinski definition) is 2. The third kappa shape index (κ3) is 4.70. The van der Waals surface area contributed by atoms with Crippen molar-refractivity contribution in [1.82, 2.24) is 10.2 Å². The zero-order valence-corrected chi connectivity index (χ0v) is 10.1. The number of nitrogens with zero attached hydrogens (tertiary/aromatic N) is 1. The van der Waals surface area contributed by atoms with Crippen molar-refractivity contribution in [3.63, 3.8) is 0 Å². The third-order valence-corrected chi connectivity index (χ3v) is 2.21. The average molecular weight is 234 g/mol. The van der Waals surface area contributed by atoms with E-state index in [1.807, 2.05) is 13.8 Å². The van der Waals surface area contributed by atoms with Crippen molar-refractivity contribution < 1.29 is 13.6 Å². The Labute approximate surface area is 95.5 Å². The maximum absolute atomic E-state index is 12.8. The number of amides is 1. The molecule has 0 saturated carbocycles. The molecule has 0 aromatic rings. The van der Waals surface area contributed by atoms with Crippen LogP contribution in [-0.2, 0) is 4.79 Å². The fourth-order valence-electron chi connectivity index (χ4n) is 1.46. The Morgan fingerprint density at radius 2 is 2.06 bits per heavy atom. The van der Waals surface area contributed by atoms with Gasteiger partial charge >= 0.3 is 0 Å². The summed E-state index contributed by atoms with van der Waals surface area (Å²) in [7, 11) is 1.49. The predicted octanol–water partition coefficient (Wildman–Crippen LogP) is 1.66. The van der Waals surface area contributed by atoms with E-state index in [2.05, 4.69) is 11.9 Å². The largest absolute Gasteiger partial charge is 0.355 e. The molecule has 0 aromatic carbocycles. The zero-order valence-electron chi connectivity index (χ0n) is 10.1. The predicted molar refractivity (Wildman–Crippen MR) is 60.6 cm³/mol. The van der Waals surface area contributed by atoms with Gasteiger partial charge in [-0.15, -0.1) is 0 Å². The minimum Gasteiger partial charge on any atom is -0.355 e. The highest BCUT2D eigenvalue weighted by molar-refractivity contribution is 5.92. The van der Waals surface area contributed by atoms with Gasteiger partial charge < -0.3 is 5.32 Å². The molecular weight excluding hydrogens is 214 g/mol. The molecule has 0 spiro atoms. The number of carbonyl (C=O) groups excluding carboxylic acids is 1. The van der Waals surface area contributed by atoms with Crippen molar-refractivity contribution in [1.29, 1.82) is 0 Å². The molecule has 0 aromatic heterocycles. The number of carbonyl (C=O) groups is 1. The highest BCUT2D eigenvalue weighted by Gasteiger charge is 2.38. The Bertz CT molecular complexity index is 254. The second kappa shape index (κ2) is 6.58. The van der Waals surface area contributed by atoms with Crippen LogP contribution in [0.2, 0.25) is 0 Å². The second-order valence-electron chi connectivity index (χ2n) is 3.50. The molecule has 3 nitrogen and oxygen atoms in total. The highest BCUT2D eigenvalue weighted by Crippen LogP contribution is 2.26. The fourth-order valence-corrected chi connectivity index (χ4v) is 1.46. The minimum atomic E-state index is -2.61. The van der Waals surface area contributed by atoms with Crippen LogP contribution in [0.15, 0.2) is 12.2 Å². The molecule has 94 valence electrons. The number of halogens is 2. The number of rotatable bonds is 3. The lowest BCUT2D eigenvalue weighted by atomic mass is 10.2. The molecule has 1 amide bonds. The molecule has 1 aliphatic heterocycles. The zero-order chi connectivity index (χ0) is 12.8. The van der Waals surface area contributed by atoms with E-state index in [4.69, 9.17) is 0 Å². The van der Waals surface area contributed by atoms with Crippen molar-refractivity contribution in [3.8, 4) is 0 Å². The highest BCUT2D eigenvalue weighted by atomic mass is 19.3. The van der Waals surface area contributed by atoms with Crippen molar-refractivity contribution in [2.24, 2.45) is 0 Å². The first-order valence-electron chi connectivity index (χ1n) is 5.44. The molecule has 1 aliphatic rings. The van der Waals surface area contributed by atoms with E-state index in [0.717, 1.165) is 0 Å². The summed E-state index contributed by atoms with van der Waals surface area (Å²) in [4.78, 5) is 12.6.